The van der Waals surface area contributed by atoms with E-state index in [-0.39, 0.29) is 18.1 Å². The number of thioether (sulfide) groups is 1. The molecule has 0 spiro atoms. The van der Waals surface area contributed by atoms with Crippen molar-refractivity contribution in [1.29, 1.82) is 0 Å². The topological polar surface area (TPSA) is 137 Å². The molecule has 1 aromatic rings. The summed E-state index contributed by atoms with van der Waals surface area (Å²) in [6.07, 6.45) is 0.0515. The Morgan fingerprint density at radius 1 is 1.44 bits per heavy atom. The van der Waals surface area contributed by atoms with E-state index in [4.69, 9.17) is 16.6 Å². The van der Waals surface area contributed by atoms with Gasteiger partial charge in [-0.15, -0.1) is 10.2 Å². The molecular formula is C9H15N5O3S. The van der Waals surface area contributed by atoms with Gasteiger partial charge in [-0.25, -0.2) is 0 Å². The van der Waals surface area contributed by atoms with Crippen molar-refractivity contribution in [3.63, 3.8) is 0 Å². The summed E-state index contributed by atoms with van der Waals surface area (Å²) in [5.74, 6) is -1.50. The number of hydrogen-bond acceptors (Lipinski definition) is 6. The molecule has 1 aromatic heterocycles. The molecule has 1 amide bonds. The molecule has 1 rings (SSSR count). The van der Waals surface area contributed by atoms with E-state index in [0.29, 0.717) is 5.16 Å². The Hall–Kier alpha value is -1.77. The molecule has 8 nitrogen and oxygen atoms in total. The van der Waals surface area contributed by atoms with Crippen LogP contribution in [0.4, 0.5) is 5.95 Å². The van der Waals surface area contributed by atoms with Crippen molar-refractivity contribution in [2.45, 2.75) is 31.0 Å². The van der Waals surface area contributed by atoms with Crippen molar-refractivity contribution < 1.29 is 14.7 Å². The second-order valence-electron chi connectivity index (χ2n) is 4.31. The Labute approximate surface area is 108 Å². The van der Waals surface area contributed by atoms with Crippen molar-refractivity contribution in [3.8, 4) is 0 Å². The van der Waals surface area contributed by atoms with Gasteiger partial charge < -0.3 is 16.6 Å². The minimum absolute atomic E-state index is 0.0515. The van der Waals surface area contributed by atoms with Crippen LogP contribution in [-0.2, 0) is 15.1 Å². The van der Waals surface area contributed by atoms with E-state index >= 15 is 0 Å². The van der Waals surface area contributed by atoms with E-state index < -0.39 is 17.4 Å². The van der Waals surface area contributed by atoms with Crippen LogP contribution in [0.15, 0.2) is 5.16 Å². The number of carbonyl (C=O) groups is 2. The first kappa shape index (κ1) is 14.3. The van der Waals surface area contributed by atoms with E-state index in [1.54, 1.807) is 13.8 Å². The van der Waals surface area contributed by atoms with Crippen LogP contribution in [0.25, 0.3) is 0 Å². The Bertz CT molecular complexity index is 471. The number of carbonyl (C=O) groups excluding carboxylic acids is 1. The third-order valence-corrected chi connectivity index (χ3v) is 3.11. The summed E-state index contributed by atoms with van der Waals surface area (Å²) in [6.45, 7) is 3.50. The first-order chi connectivity index (χ1) is 8.24. The summed E-state index contributed by atoms with van der Waals surface area (Å²) in [5, 5.41) is 16.5. The van der Waals surface area contributed by atoms with E-state index in [1.165, 1.54) is 4.57 Å². The number of carboxylic acids is 1. The summed E-state index contributed by atoms with van der Waals surface area (Å²) in [7, 11) is 0. The van der Waals surface area contributed by atoms with Crippen molar-refractivity contribution in [2.24, 2.45) is 5.73 Å². The van der Waals surface area contributed by atoms with Crippen LogP contribution < -0.4 is 11.5 Å². The maximum Gasteiger partial charge on any atom is 0.313 e. The SMILES string of the molecule is CC(C)(CC(N)=O)n1c(N)nnc1SCC(=O)O. The van der Waals surface area contributed by atoms with Crippen LogP contribution in [0.3, 0.4) is 0 Å². The maximum atomic E-state index is 11.0. The van der Waals surface area contributed by atoms with Crippen LogP contribution >= 0.6 is 11.8 Å². The summed E-state index contributed by atoms with van der Waals surface area (Å²) < 4.78 is 1.52. The van der Waals surface area contributed by atoms with Crippen LogP contribution in [-0.4, -0.2) is 37.5 Å². The lowest BCUT2D eigenvalue weighted by Crippen LogP contribution is -2.33. The monoisotopic (exact) mass is 273 g/mol. The minimum atomic E-state index is -0.971. The molecule has 0 unspecified atom stereocenters. The number of aliphatic carboxylic acids is 1. The smallest absolute Gasteiger partial charge is 0.313 e. The molecule has 18 heavy (non-hydrogen) atoms. The lowest BCUT2D eigenvalue weighted by atomic mass is 10.0. The predicted octanol–water partition coefficient (Wildman–Crippen LogP) is -0.352. The zero-order chi connectivity index (χ0) is 13.9. The van der Waals surface area contributed by atoms with E-state index in [2.05, 4.69) is 10.2 Å². The lowest BCUT2D eigenvalue weighted by Gasteiger charge is -2.26. The van der Waals surface area contributed by atoms with E-state index in [9.17, 15) is 9.59 Å². The first-order valence-electron chi connectivity index (χ1n) is 5.08. The predicted molar refractivity (Wildman–Crippen MR) is 65.9 cm³/mol. The highest BCUT2D eigenvalue weighted by atomic mass is 32.2. The largest absolute Gasteiger partial charge is 0.481 e. The Balaban J connectivity index is 3.02. The third-order valence-electron chi connectivity index (χ3n) is 2.20. The number of anilines is 1. The molecule has 0 bridgehead atoms. The van der Waals surface area contributed by atoms with Crippen LogP contribution in [0.1, 0.15) is 20.3 Å². The fourth-order valence-electron chi connectivity index (χ4n) is 1.58. The van der Waals surface area contributed by atoms with Gasteiger partial charge in [0.2, 0.25) is 11.9 Å². The molecule has 0 atom stereocenters. The fraction of sp³-hybridized carbons (Fsp3) is 0.556. The Morgan fingerprint density at radius 2 is 2.06 bits per heavy atom. The number of carboxylic acid groups (broad SMARTS) is 1. The fourth-order valence-corrected chi connectivity index (χ4v) is 2.40. The van der Waals surface area contributed by atoms with Crippen LogP contribution in [0.5, 0.6) is 0 Å². The lowest BCUT2D eigenvalue weighted by molar-refractivity contribution is -0.134. The molecule has 0 radical (unpaired) electrons. The highest BCUT2D eigenvalue weighted by Gasteiger charge is 2.28. The molecule has 0 aliphatic heterocycles. The van der Waals surface area contributed by atoms with Gasteiger partial charge in [0.25, 0.3) is 0 Å². The summed E-state index contributed by atoms with van der Waals surface area (Å²) >= 11 is 0.988. The number of aromatic nitrogens is 3. The second-order valence-corrected chi connectivity index (χ2v) is 5.26. The summed E-state index contributed by atoms with van der Waals surface area (Å²) in [6, 6.07) is 0. The maximum absolute atomic E-state index is 11.0. The Kier molecular flexibility index (Phi) is 4.17. The van der Waals surface area contributed by atoms with Gasteiger partial charge in [-0.2, -0.15) is 0 Å². The summed E-state index contributed by atoms with van der Waals surface area (Å²) in [5.41, 5.74) is 10.2. The average molecular weight is 273 g/mol. The number of amides is 1. The van der Waals surface area contributed by atoms with Gasteiger partial charge in [-0.1, -0.05) is 11.8 Å². The highest BCUT2D eigenvalue weighted by molar-refractivity contribution is 7.99. The minimum Gasteiger partial charge on any atom is -0.481 e. The number of primary amides is 1. The number of nitrogens with two attached hydrogens (primary N) is 2. The van der Waals surface area contributed by atoms with Crippen molar-refractivity contribution in [2.75, 3.05) is 11.5 Å². The van der Waals surface area contributed by atoms with Gasteiger partial charge in [0, 0.05) is 6.42 Å². The van der Waals surface area contributed by atoms with Crippen molar-refractivity contribution >= 4 is 29.6 Å². The van der Waals surface area contributed by atoms with E-state index in [0.717, 1.165) is 11.8 Å². The zero-order valence-electron chi connectivity index (χ0n) is 10.1. The third kappa shape index (κ3) is 3.36. The van der Waals surface area contributed by atoms with E-state index in [1.807, 2.05) is 0 Å². The van der Waals surface area contributed by atoms with Gasteiger partial charge >= 0.3 is 5.97 Å². The average Bonchev–Trinajstić information content (AvgIpc) is 2.55. The number of nitrogen functional groups attached to an aromatic ring is 1. The van der Waals surface area contributed by atoms with Gasteiger partial charge in [0.1, 0.15) is 0 Å². The summed E-state index contributed by atoms with van der Waals surface area (Å²) in [4.78, 5) is 21.6. The second kappa shape index (κ2) is 5.25. The molecule has 0 saturated carbocycles. The van der Waals surface area contributed by atoms with Gasteiger partial charge in [0.15, 0.2) is 5.16 Å². The highest BCUT2D eigenvalue weighted by Crippen LogP contribution is 2.29. The quantitative estimate of drug-likeness (QED) is 0.602. The molecule has 0 aliphatic carbocycles. The van der Waals surface area contributed by atoms with Gasteiger partial charge in [0.05, 0.1) is 11.3 Å². The van der Waals surface area contributed by atoms with Crippen LogP contribution in [0, 0.1) is 0 Å². The Morgan fingerprint density at radius 3 is 2.56 bits per heavy atom. The zero-order valence-corrected chi connectivity index (χ0v) is 10.9. The van der Waals surface area contributed by atoms with Gasteiger partial charge in [-0.05, 0) is 13.8 Å². The molecule has 100 valence electrons. The number of hydrogen-bond donors (Lipinski definition) is 3. The number of rotatable bonds is 6. The molecule has 0 aliphatic rings. The first-order valence-corrected chi connectivity index (χ1v) is 6.07. The molecule has 1 heterocycles. The molecule has 0 aromatic carbocycles. The standard InChI is InChI=1S/C9H15N5O3S/c1-9(2,3-5(10)15)14-7(11)12-13-8(14)18-4-6(16)17/h3-4H2,1-2H3,(H2,10,15)(H2,11,12)(H,16,17). The molecule has 5 N–H and O–H groups in total. The number of nitrogens with zero attached hydrogens (tertiary/aromatic N) is 3. The molecule has 0 fully saturated rings. The van der Waals surface area contributed by atoms with Crippen LogP contribution in [0.2, 0.25) is 0 Å². The molecular weight excluding hydrogens is 258 g/mol. The normalized spacial score (nSPS) is 11.4. The van der Waals surface area contributed by atoms with Crippen molar-refractivity contribution in [3.05, 3.63) is 0 Å². The van der Waals surface area contributed by atoms with Crippen molar-refractivity contribution in [1.82, 2.24) is 14.8 Å². The molecule has 9 heteroatoms. The molecule has 0 saturated heterocycles. The van der Waals surface area contributed by atoms with Gasteiger partial charge in [-0.3, -0.25) is 14.2 Å².